The molecule has 0 aliphatic rings. The third-order valence-electron chi connectivity index (χ3n) is 3.46. The summed E-state index contributed by atoms with van der Waals surface area (Å²) < 4.78 is 38.0. The minimum atomic E-state index is -4.70. The number of carbonyl (C=O) groups excluding carboxylic acids is 1. The molecule has 0 spiro atoms. The molecule has 2 rings (SSSR count). The standard InChI is InChI=1S/C15H14F3N3O3S/c1-3-9-6-13(25-8(9)2)14(22)20-19-11-5-4-10(15(16,17)18)7-12(11)21(23)24/h4-7,19H,3H2,1-2H3,(H,20,22). The van der Waals surface area contributed by atoms with Crippen molar-refractivity contribution in [3.8, 4) is 0 Å². The normalized spacial score (nSPS) is 11.2. The fourth-order valence-electron chi connectivity index (χ4n) is 2.13. The zero-order chi connectivity index (χ0) is 18.8. The Bertz CT molecular complexity index is 818. The maximum atomic E-state index is 12.7. The van der Waals surface area contributed by atoms with Gasteiger partial charge in [0, 0.05) is 10.9 Å². The van der Waals surface area contributed by atoms with Gasteiger partial charge in [-0.1, -0.05) is 6.92 Å². The first-order valence-corrected chi connectivity index (χ1v) is 7.96. The van der Waals surface area contributed by atoms with Crippen LogP contribution in [0.25, 0.3) is 0 Å². The van der Waals surface area contributed by atoms with Gasteiger partial charge in [-0.2, -0.15) is 13.2 Å². The lowest BCUT2D eigenvalue weighted by Gasteiger charge is -2.11. The van der Waals surface area contributed by atoms with Crippen LogP contribution < -0.4 is 10.9 Å². The average molecular weight is 373 g/mol. The van der Waals surface area contributed by atoms with Crippen molar-refractivity contribution in [3.05, 3.63) is 55.3 Å². The van der Waals surface area contributed by atoms with Crippen molar-refractivity contribution >= 4 is 28.6 Å². The Morgan fingerprint density at radius 1 is 1.32 bits per heavy atom. The van der Waals surface area contributed by atoms with Gasteiger partial charge < -0.3 is 0 Å². The van der Waals surface area contributed by atoms with E-state index in [2.05, 4.69) is 10.9 Å². The van der Waals surface area contributed by atoms with Crippen molar-refractivity contribution in [2.24, 2.45) is 0 Å². The van der Waals surface area contributed by atoms with Crippen molar-refractivity contribution in [1.82, 2.24) is 5.43 Å². The molecule has 2 aromatic rings. The first-order valence-electron chi connectivity index (χ1n) is 7.14. The van der Waals surface area contributed by atoms with E-state index in [-0.39, 0.29) is 5.69 Å². The number of nitrogens with one attached hydrogen (secondary N) is 2. The molecular weight excluding hydrogens is 359 g/mol. The van der Waals surface area contributed by atoms with E-state index in [0.717, 1.165) is 22.9 Å². The van der Waals surface area contributed by atoms with Crippen LogP contribution in [0, 0.1) is 17.0 Å². The van der Waals surface area contributed by atoms with Gasteiger partial charge in [0.05, 0.1) is 15.4 Å². The van der Waals surface area contributed by atoms with Crippen LogP contribution in [0.4, 0.5) is 24.5 Å². The number of amides is 1. The molecule has 2 N–H and O–H groups in total. The summed E-state index contributed by atoms with van der Waals surface area (Å²) in [4.78, 5) is 23.5. The number of nitro benzene ring substituents is 1. The number of benzene rings is 1. The topological polar surface area (TPSA) is 84.3 Å². The van der Waals surface area contributed by atoms with Crippen LogP contribution >= 0.6 is 11.3 Å². The van der Waals surface area contributed by atoms with E-state index in [9.17, 15) is 28.1 Å². The second-order valence-electron chi connectivity index (χ2n) is 5.11. The van der Waals surface area contributed by atoms with Crippen LogP contribution in [-0.4, -0.2) is 10.8 Å². The molecule has 1 aromatic heterocycles. The zero-order valence-corrected chi connectivity index (χ0v) is 14.0. The maximum absolute atomic E-state index is 12.7. The van der Waals surface area contributed by atoms with Gasteiger partial charge in [0.25, 0.3) is 11.6 Å². The summed E-state index contributed by atoms with van der Waals surface area (Å²) in [5.74, 6) is -0.526. The molecule has 1 heterocycles. The van der Waals surface area contributed by atoms with Crippen LogP contribution in [0.5, 0.6) is 0 Å². The molecule has 0 unspecified atom stereocenters. The highest BCUT2D eigenvalue weighted by Gasteiger charge is 2.33. The van der Waals surface area contributed by atoms with E-state index in [0.29, 0.717) is 17.0 Å². The molecule has 0 fully saturated rings. The van der Waals surface area contributed by atoms with E-state index >= 15 is 0 Å². The number of nitro groups is 1. The van der Waals surface area contributed by atoms with Crippen LogP contribution in [0.3, 0.4) is 0 Å². The molecular formula is C15H14F3N3O3S. The summed E-state index contributed by atoms with van der Waals surface area (Å²) in [6.45, 7) is 3.81. The number of anilines is 1. The SMILES string of the molecule is CCc1cc(C(=O)NNc2ccc(C(F)(F)F)cc2[N+](=O)[O-])sc1C. The lowest BCUT2D eigenvalue weighted by atomic mass is 10.1. The summed E-state index contributed by atoms with van der Waals surface area (Å²) in [6, 6.07) is 3.72. The van der Waals surface area contributed by atoms with Gasteiger partial charge in [0.1, 0.15) is 5.69 Å². The molecule has 1 amide bonds. The predicted molar refractivity (Wildman–Crippen MR) is 87.6 cm³/mol. The summed E-state index contributed by atoms with van der Waals surface area (Å²) in [7, 11) is 0. The highest BCUT2D eigenvalue weighted by atomic mass is 32.1. The van der Waals surface area contributed by atoms with E-state index in [4.69, 9.17) is 0 Å². The summed E-state index contributed by atoms with van der Waals surface area (Å²) in [6.07, 6.45) is -3.94. The summed E-state index contributed by atoms with van der Waals surface area (Å²) >= 11 is 1.26. The summed E-state index contributed by atoms with van der Waals surface area (Å²) in [5, 5.41) is 11.0. The number of rotatable bonds is 5. The Labute approximate surface area is 144 Å². The number of aryl methyl sites for hydroxylation is 2. The monoisotopic (exact) mass is 373 g/mol. The van der Waals surface area contributed by atoms with Crippen molar-refractivity contribution in [1.29, 1.82) is 0 Å². The lowest BCUT2D eigenvalue weighted by Crippen LogP contribution is -2.29. The highest BCUT2D eigenvalue weighted by Crippen LogP contribution is 2.34. The molecule has 0 atom stereocenters. The third-order valence-corrected chi connectivity index (χ3v) is 4.55. The number of hydrogen-bond acceptors (Lipinski definition) is 5. The molecule has 0 radical (unpaired) electrons. The second-order valence-corrected chi connectivity index (χ2v) is 6.37. The Hall–Kier alpha value is -2.62. The minimum absolute atomic E-state index is 0.240. The maximum Gasteiger partial charge on any atom is 0.416 e. The van der Waals surface area contributed by atoms with Crippen LogP contribution in [0.1, 0.15) is 32.6 Å². The van der Waals surface area contributed by atoms with E-state index in [1.807, 2.05) is 13.8 Å². The molecule has 134 valence electrons. The molecule has 0 aliphatic heterocycles. The van der Waals surface area contributed by atoms with Gasteiger partial charge in [-0.15, -0.1) is 11.3 Å². The fraction of sp³-hybridized carbons (Fsp3) is 0.267. The quantitative estimate of drug-likeness (QED) is 0.604. The van der Waals surface area contributed by atoms with Crippen molar-refractivity contribution in [2.75, 3.05) is 5.43 Å². The van der Waals surface area contributed by atoms with Crippen LogP contribution in [-0.2, 0) is 12.6 Å². The molecule has 0 saturated carbocycles. The van der Waals surface area contributed by atoms with E-state index < -0.39 is 28.3 Å². The van der Waals surface area contributed by atoms with Crippen molar-refractivity contribution in [3.63, 3.8) is 0 Å². The fourth-order valence-corrected chi connectivity index (χ4v) is 3.14. The van der Waals surface area contributed by atoms with Gasteiger partial charge in [-0.3, -0.25) is 25.8 Å². The number of nitrogens with zero attached hydrogens (tertiary/aromatic N) is 1. The van der Waals surface area contributed by atoms with Crippen LogP contribution in [0.15, 0.2) is 24.3 Å². The number of hydrogen-bond donors (Lipinski definition) is 2. The third kappa shape index (κ3) is 4.27. The van der Waals surface area contributed by atoms with Gasteiger partial charge in [0.2, 0.25) is 0 Å². The van der Waals surface area contributed by atoms with E-state index in [1.54, 1.807) is 6.07 Å². The number of alkyl halides is 3. The Balaban J connectivity index is 2.19. The zero-order valence-electron chi connectivity index (χ0n) is 13.2. The molecule has 6 nitrogen and oxygen atoms in total. The lowest BCUT2D eigenvalue weighted by molar-refractivity contribution is -0.384. The second kappa shape index (κ2) is 7.09. The molecule has 1 aromatic carbocycles. The molecule has 0 bridgehead atoms. The first-order chi connectivity index (χ1) is 11.6. The van der Waals surface area contributed by atoms with Gasteiger partial charge in [0.15, 0.2) is 0 Å². The van der Waals surface area contributed by atoms with Gasteiger partial charge in [-0.25, -0.2) is 0 Å². The number of hydrazine groups is 1. The summed E-state index contributed by atoms with van der Waals surface area (Å²) in [5.41, 5.74) is 3.43. The minimum Gasteiger partial charge on any atom is -0.292 e. The molecule has 0 aliphatic carbocycles. The predicted octanol–water partition coefficient (Wildman–Crippen LogP) is 4.30. The Kier molecular flexibility index (Phi) is 5.31. The van der Waals surface area contributed by atoms with Gasteiger partial charge in [-0.05, 0) is 37.1 Å². The smallest absolute Gasteiger partial charge is 0.292 e. The largest absolute Gasteiger partial charge is 0.416 e. The first kappa shape index (κ1) is 18.7. The number of halogens is 3. The van der Waals surface area contributed by atoms with Crippen molar-refractivity contribution in [2.45, 2.75) is 26.4 Å². The highest BCUT2D eigenvalue weighted by molar-refractivity contribution is 7.14. The Morgan fingerprint density at radius 2 is 2.00 bits per heavy atom. The molecule has 10 heteroatoms. The molecule has 0 saturated heterocycles. The molecule has 25 heavy (non-hydrogen) atoms. The van der Waals surface area contributed by atoms with Crippen molar-refractivity contribution < 1.29 is 22.9 Å². The number of carbonyl (C=O) groups is 1. The average Bonchev–Trinajstić information content (AvgIpc) is 2.92. The van der Waals surface area contributed by atoms with E-state index in [1.165, 1.54) is 11.3 Å². The van der Waals surface area contributed by atoms with Crippen LogP contribution in [0.2, 0.25) is 0 Å². The number of thiophene rings is 1. The Morgan fingerprint density at radius 3 is 2.52 bits per heavy atom. The van der Waals surface area contributed by atoms with Gasteiger partial charge >= 0.3 is 6.18 Å².